The number of benzene rings is 4. The molecule has 0 aliphatic heterocycles. The van der Waals surface area contributed by atoms with Crippen molar-refractivity contribution in [2.75, 3.05) is 0 Å². The zero-order valence-corrected chi connectivity index (χ0v) is 22.6. The van der Waals surface area contributed by atoms with Crippen LogP contribution in [0.15, 0.2) is 136 Å². The Bertz CT molecular complexity index is 1870. The Balaban J connectivity index is 1.63. The fourth-order valence-corrected chi connectivity index (χ4v) is 3.87. The van der Waals surface area contributed by atoms with Gasteiger partial charge in [0.1, 0.15) is 0 Å². The van der Waals surface area contributed by atoms with Crippen LogP contribution in [0.3, 0.4) is 0 Å². The summed E-state index contributed by atoms with van der Waals surface area (Å²) in [5.41, 5.74) is -2.37. The summed E-state index contributed by atoms with van der Waals surface area (Å²) in [6, 6.07) is 31.0. The van der Waals surface area contributed by atoms with Gasteiger partial charge in [-0.15, -0.1) is 0 Å². The number of hydrogen-bond acceptors (Lipinski definition) is 11. The Labute approximate surface area is 249 Å². The van der Waals surface area contributed by atoms with E-state index in [0.717, 1.165) is 0 Å². The van der Waals surface area contributed by atoms with E-state index >= 15 is 0 Å². The van der Waals surface area contributed by atoms with Gasteiger partial charge in [0.2, 0.25) is 23.0 Å². The van der Waals surface area contributed by atoms with Gasteiger partial charge in [-0.2, -0.15) is 0 Å². The van der Waals surface area contributed by atoms with E-state index in [1.807, 2.05) is 0 Å². The third-order valence-corrected chi connectivity index (χ3v) is 6.02. The van der Waals surface area contributed by atoms with E-state index in [-0.39, 0.29) is 27.2 Å². The molecule has 1 heterocycles. The summed E-state index contributed by atoms with van der Waals surface area (Å²) in [6.45, 7) is 0. The molecule has 1 aromatic heterocycles. The molecule has 44 heavy (non-hydrogen) atoms. The summed E-state index contributed by atoms with van der Waals surface area (Å²) in [5, 5.41) is 24.1. The molecule has 0 saturated carbocycles. The van der Waals surface area contributed by atoms with Crippen molar-refractivity contribution < 1.29 is 38.4 Å². The van der Waals surface area contributed by atoms with Crippen LogP contribution in [0.5, 0.6) is 0 Å². The molecule has 0 radical (unpaired) electrons. The first kappa shape index (κ1) is 29.0. The van der Waals surface area contributed by atoms with Crippen LogP contribution in [0.1, 0.15) is 52.8 Å². The van der Waals surface area contributed by atoms with Crippen molar-refractivity contribution in [3.05, 3.63) is 160 Å². The number of nitrogens with zero attached hydrogens (tertiary/aromatic N) is 4. The molecule has 0 aliphatic carbocycles. The highest BCUT2D eigenvalue weighted by atomic mass is 16.8. The van der Waals surface area contributed by atoms with Crippen molar-refractivity contribution in [2.24, 2.45) is 10.3 Å². The molecule has 12 nitrogen and oxygen atoms in total. The fourth-order valence-electron chi connectivity index (χ4n) is 3.87. The van der Waals surface area contributed by atoms with Gasteiger partial charge in [0.15, 0.2) is 0 Å². The van der Waals surface area contributed by atoms with Gasteiger partial charge in [-0.25, -0.2) is 9.59 Å². The molecule has 0 aliphatic rings. The van der Waals surface area contributed by atoms with E-state index in [4.69, 9.17) is 14.3 Å². The van der Waals surface area contributed by atoms with Crippen LogP contribution in [0.25, 0.3) is 0 Å². The van der Waals surface area contributed by atoms with Gasteiger partial charge < -0.3 is 14.9 Å². The molecule has 0 amide bonds. The second kappa shape index (κ2) is 13.4. The highest BCUT2D eigenvalue weighted by molar-refractivity contribution is 6.55. The van der Waals surface area contributed by atoms with Crippen LogP contribution in [0.2, 0.25) is 0 Å². The molecule has 5 rings (SSSR count). The summed E-state index contributed by atoms with van der Waals surface area (Å²) >= 11 is 0. The predicted molar refractivity (Wildman–Crippen MR) is 154 cm³/mol. The highest BCUT2D eigenvalue weighted by Gasteiger charge is 2.38. The number of rotatable bonds is 10. The number of Topliss-reactive ketones (excluding diaryl/α,β-unsaturated/α-hetero) is 2. The van der Waals surface area contributed by atoms with Crippen LogP contribution in [-0.2, 0) is 9.68 Å². The molecule has 5 aromatic rings. The largest absolute Gasteiger partial charge is 0.365 e. The van der Waals surface area contributed by atoms with Gasteiger partial charge in [-0.1, -0.05) is 107 Å². The zero-order valence-electron chi connectivity index (χ0n) is 22.6. The monoisotopic (exact) mass is 588 g/mol. The molecule has 0 atom stereocenters. The minimum atomic E-state index is -0.939. The molecular weight excluding hydrogens is 568 g/mol. The summed E-state index contributed by atoms with van der Waals surface area (Å²) < 4.78 is 4.78. The Morgan fingerprint density at radius 2 is 0.932 bits per heavy atom. The van der Waals surface area contributed by atoms with Crippen molar-refractivity contribution in [3.8, 4) is 0 Å². The average molecular weight is 589 g/mol. The van der Waals surface area contributed by atoms with E-state index in [1.54, 1.807) is 72.8 Å². The summed E-state index contributed by atoms with van der Waals surface area (Å²) in [4.78, 5) is 62.6. The Kier molecular flexibility index (Phi) is 8.82. The van der Waals surface area contributed by atoms with Crippen molar-refractivity contribution in [1.29, 1.82) is 0 Å². The number of carbonyl (C=O) groups excluding carboxylic acids is 4. The van der Waals surface area contributed by atoms with E-state index < -0.39 is 46.3 Å². The number of ketones is 2. The van der Waals surface area contributed by atoms with Crippen LogP contribution in [0.4, 0.5) is 0 Å². The maximum absolute atomic E-state index is 13.7. The molecule has 4 aromatic carbocycles. The van der Waals surface area contributed by atoms with E-state index in [9.17, 15) is 24.4 Å². The number of oxime groups is 2. The molecular formula is C32H20N4O8. The SMILES string of the molecule is O=C(ON=C(C(=O)c1ccccc1)c1no[n+]([O-])c1C(=NOC(=O)c1ccccc1)C(=O)c1ccccc1)c1ccccc1. The minimum absolute atomic E-state index is 0.0533. The number of carbonyl (C=O) groups is 4. The van der Waals surface area contributed by atoms with E-state index in [0.29, 0.717) is 0 Å². The third kappa shape index (κ3) is 6.50. The first-order chi connectivity index (χ1) is 21.4. The second-order valence-corrected chi connectivity index (χ2v) is 8.89. The lowest BCUT2D eigenvalue weighted by molar-refractivity contribution is -0.803. The lowest BCUT2D eigenvalue weighted by atomic mass is 9.99. The molecule has 0 bridgehead atoms. The minimum Gasteiger partial charge on any atom is -0.359 e. The second-order valence-electron chi connectivity index (χ2n) is 8.89. The maximum atomic E-state index is 13.7. The van der Waals surface area contributed by atoms with Gasteiger partial charge in [0, 0.05) is 16.3 Å². The van der Waals surface area contributed by atoms with Crippen LogP contribution >= 0.6 is 0 Å². The van der Waals surface area contributed by atoms with Gasteiger partial charge >= 0.3 is 11.9 Å². The third-order valence-electron chi connectivity index (χ3n) is 6.02. The first-order valence-electron chi connectivity index (χ1n) is 12.9. The van der Waals surface area contributed by atoms with Crippen molar-refractivity contribution in [1.82, 2.24) is 5.16 Å². The van der Waals surface area contributed by atoms with E-state index in [1.165, 1.54) is 48.5 Å². The molecule has 0 spiro atoms. The Hall–Kier alpha value is -6.56. The molecule has 0 N–H and O–H groups in total. The van der Waals surface area contributed by atoms with Crippen LogP contribution < -0.4 is 4.90 Å². The predicted octanol–water partition coefficient (Wildman–Crippen LogP) is 4.20. The molecule has 0 unspecified atom stereocenters. The zero-order chi connectivity index (χ0) is 30.9. The lowest BCUT2D eigenvalue weighted by Crippen LogP contribution is -2.37. The van der Waals surface area contributed by atoms with Crippen LogP contribution in [0, 0.1) is 5.21 Å². The molecule has 0 fully saturated rings. The molecule has 0 saturated heterocycles. The Morgan fingerprint density at radius 3 is 1.36 bits per heavy atom. The van der Waals surface area contributed by atoms with Crippen molar-refractivity contribution >= 4 is 34.9 Å². The molecule has 12 heteroatoms. The topological polar surface area (TPSA) is 164 Å². The first-order valence-corrected chi connectivity index (χ1v) is 12.9. The van der Waals surface area contributed by atoms with Crippen molar-refractivity contribution in [3.63, 3.8) is 0 Å². The van der Waals surface area contributed by atoms with Gasteiger partial charge in [0.25, 0.3) is 11.4 Å². The normalized spacial score (nSPS) is 11.5. The van der Waals surface area contributed by atoms with E-state index in [2.05, 4.69) is 15.5 Å². The standard InChI is InChI=1S/C32H20N4O8/c37-29(21-13-5-1-6-14-21)26(33-42-31(39)23-17-9-3-10-18-23)25-28(36(41)44-35-25)27(30(38)22-15-7-2-8-16-22)34-43-32(40)24-19-11-4-12-20-24/h1-20H. The average Bonchev–Trinajstić information content (AvgIpc) is 3.46. The van der Waals surface area contributed by atoms with Gasteiger partial charge in [-0.3, -0.25) is 14.2 Å². The van der Waals surface area contributed by atoms with Gasteiger partial charge in [0.05, 0.1) is 11.1 Å². The Morgan fingerprint density at radius 1 is 0.568 bits per heavy atom. The smallest absolute Gasteiger partial charge is 0.359 e. The lowest BCUT2D eigenvalue weighted by Gasteiger charge is -2.06. The fraction of sp³-hybridized carbons (Fsp3) is 0. The summed E-state index contributed by atoms with van der Waals surface area (Å²) in [6.07, 6.45) is 0. The molecule has 216 valence electrons. The summed E-state index contributed by atoms with van der Waals surface area (Å²) in [7, 11) is 0. The van der Waals surface area contributed by atoms with Crippen LogP contribution in [-0.4, -0.2) is 40.1 Å². The van der Waals surface area contributed by atoms with Crippen molar-refractivity contribution in [2.45, 2.75) is 0 Å². The highest BCUT2D eigenvalue weighted by Crippen LogP contribution is 2.16. The number of hydrogen-bond donors (Lipinski definition) is 0. The van der Waals surface area contributed by atoms with Gasteiger partial charge in [-0.05, 0) is 29.2 Å². The quantitative estimate of drug-likeness (QED) is 0.0764. The maximum Gasteiger partial charge on any atom is 0.365 e. The summed E-state index contributed by atoms with van der Waals surface area (Å²) in [5.74, 6) is -3.58. The number of aromatic nitrogens is 2.